The van der Waals surface area contributed by atoms with Crippen LogP contribution in [0.4, 0.5) is 5.69 Å². The average molecular weight is 507 g/mol. The summed E-state index contributed by atoms with van der Waals surface area (Å²) in [6.07, 6.45) is 0.658. The highest BCUT2D eigenvalue weighted by Gasteiger charge is 2.17. The van der Waals surface area contributed by atoms with E-state index in [9.17, 15) is 4.79 Å². The van der Waals surface area contributed by atoms with Gasteiger partial charge in [0.2, 0.25) is 5.91 Å². The Hall–Kier alpha value is -2.90. The zero-order valence-electron chi connectivity index (χ0n) is 17.9. The van der Waals surface area contributed by atoms with Gasteiger partial charge in [-0.2, -0.15) is 0 Å². The number of anilines is 1. The minimum absolute atomic E-state index is 0.0948. The molecule has 32 heavy (non-hydrogen) atoms. The van der Waals surface area contributed by atoms with Crippen molar-refractivity contribution >= 4 is 39.3 Å². The van der Waals surface area contributed by atoms with Crippen LogP contribution < -0.4 is 5.32 Å². The monoisotopic (exact) mass is 506 g/mol. The highest BCUT2D eigenvalue weighted by Crippen LogP contribution is 2.26. The van der Waals surface area contributed by atoms with E-state index in [0.717, 1.165) is 32.8 Å². The van der Waals surface area contributed by atoms with Gasteiger partial charge in [0.25, 0.3) is 0 Å². The van der Waals surface area contributed by atoms with Crippen molar-refractivity contribution in [3.8, 4) is 5.69 Å². The van der Waals surface area contributed by atoms with Gasteiger partial charge >= 0.3 is 0 Å². The van der Waals surface area contributed by atoms with Crippen molar-refractivity contribution in [2.24, 2.45) is 0 Å². The second-order valence-electron chi connectivity index (χ2n) is 7.55. The lowest BCUT2D eigenvalue weighted by Gasteiger charge is -2.11. The minimum atomic E-state index is -0.0948. The molecule has 1 aromatic heterocycles. The molecule has 7 heteroatoms. The van der Waals surface area contributed by atoms with Crippen LogP contribution in [0.5, 0.6) is 0 Å². The van der Waals surface area contributed by atoms with Crippen LogP contribution in [0, 0.1) is 13.8 Å². The van der Waals surface area contributed by atoms with Gasteiger partial charge in [0.05, 0.1) is 11.4 Å². The summed E-state index contributed by atoms with van der Waals surface area (Å²) < 4.78 is 2.90. The fraction of sp³-hybridized carbons (Fsp3) is 0.160. The molecule has 0 radical (unpaired) electrons. The van der Waals surface area contributed by atoms with Gasteiger partial charge in [-0.1, -0.05) is 65.9 Å². The zero-order chi connectivity index (χ0) is 22.5. The third-order valence-corrected chi connectivity index (χ3v) is 6.51. The number of hydrogen-bond acceptors (Lipinski definition) is 4. The first-order chi connectivity index (χ1) is 15.5. The van der Waals surface area contributed by atoms with Crippen LogP contribution in [0.15, 0.2) is 82.4 Å². The lowest BCUT2D eigenvalue weighted by atomic mass is 10.1. The fourth-order valence-corrected chi connectivity index (χ4v) is 4.64. The van der Waals surface area contributed by atoms with E-state index in [0.29, 0.717) is 11.6 Å². The molecule has 0 atom stereocenters. The van der Waals surface area contributed by atoms with E-state index >= 15 is 0 Å². The Labute approximate surface area is 200 Å². The summed E-state index contributed by atoms with van der Waals surface area (Å²) in [6, 6.07) is 24.3. The highest BCUT2D eigenvalue weighted by molar-refractivity contribution is 9.10. The second-order valence-corrected chi connectivity index (χ2v) is 9.35. The molecule has 0 aliphatic carbocycles. The quantitative estimate of drug-likeness (QED) is 0.313. The molecular weight excluding hydrogens is 484 g/mol. The van der Waals surface area contributed by atoms with E-state index in [2.05, 4.69) is 74.8 Å². The molecule has 1 amide bonds. The molecule has 0 aliphatic rings. The van der Waals surface area contributed by atoms with Gasteiger partial charge in [0.1, 0.15) is 5.82 Å². The topological polar surface area (TPSA) is 59.8 Å². The molecule has 4 rings (SSSR count). The van der Waals surface area contributed by atoms with Crippen molar-refractivity contribution in [1.82, 2.24) is 14.8 Å². The maximum atomic E-state index is 12.6. The minimum Gasteiger partial charge on any atom is -0.324 e. The van der Waals surface area contributed by atoms with Crippen LogP contribution in [0.3, 0.4) is 0 Å². The Bertz CT molecular complexity index is 1220. The van der Waals surface area contributed by atoms with E-state index in [1.165, 1.54) is 17.3 Å². The van der Waals surface area contributed by atoms with Crippen LogP contribution in [-0.4, -0.2) is 26.4 Å². The predicted octanol–water partition coefficient (Wildman–Crippen LogP) is 5.97. The van der Waals surface area contributed by atoms with Crippen molar-refractivity contribution in [2.45, 2.75) is 25.4 Å². The Kier molecular flexibility index (Phi) is 7.07. The van der Waals surface area contributed by atoms with E-state index in [4.69, 9.17) is 0 Å². The number of aromatic nitrogens is 3. The summed E-state index contributed by atoms with van der Waals surface area (Å²) in [6.45, 7) is 4.07. The van der Waals surface area contributed by atoms with E-state index < -0.39 is 0 Å². The standard InChI is InChI=1S/C25H23BrN4OS/c1-17-8-11-20(12-9-17)30-23(15-19-6-4-3-5-7-19)28-29-25(30)32-16-24(31)27-22-13-10-18(2)14-21(22)26/h3-14H,15-16H2,1-2H3,(H,27,31). The van der Waals surface area contributed by atoms with Crippen LogP contribution in [-0.2, 0) is 11.2 Å². The van der Waals surface area contributed by atoms with E-state index in [-0.39, 0.29) is 11.7 Å². The number of rotatable bonds is 7. The Balaban J connectivity index is 1.55. The van der Waals surface area contributed by atoms with Crippen molar-refractivity contribution in [3.63, 3.8) is 0 Å². The Morgan fingerprint density at radius 1 is 0.969 bits per heavy atom. The molecule has 162 valence electrons. The van der Waals surface area contributed by atoms with Crippen molar-refractivity contribution < 1.29 is 4.79 Å². The summed E-state index contributed by atoms with van der Waals surface area (Å²) in [7, 11) is 0. The van der Waals surface area contributed by atoms with E-state index in [1.807, 2.05) is 47.9 Å². The summed E-state index contributed by atoms with van der Waals surface area (Å²) in [5.41, 5.74) is 5.21. The number of nitrogens with zero attached hydrogens (tertiary/aromatic N) is 3. The van der Waals surface area contributed by atoms with Gasteiger partial charge in [0, 0.05) is 16.6 Å². The molecule has 1 N–H and O–H groups in total. The zero-order valence-corrected chi connectivity index (χ0v) is 20.3. The second kappa shape index (κ2) is 10.1. The molecule has 0 saturated heterocycles. The summed E-state index contributed by atoms with van der Waals surface area (Å²) in [4.78, 5) is 12.6. The van der Waals surface area contributed by atoms with Gasteiger partial charge in [-0.05, 0) is 65.2 Å². The molecule has 0 fully saturated rings. The summed E-state index contributed by atoms with van der Waals surface area (Å²) in [5.74, 6) is 0.974. The number of hydrogen-bond donors (Lipinski definition) is 1. The number of nitrogens with one attached hydrogen (secondary N) is 1. The van der Waals surface area contributed by atoms with Crippen molar-refractivity contribution in [2.75, 3.05) is 11.1 Å². The average Bonchev–Trinajstić information content (AvgIpc) is 3.18. The fourth-order valence-electron chi connectivity index (χ4n) is 3.28. The molecule has 0 spiro atoms. The number of benzene rings is 3. The molecule has 0 saturated carbocycles. The number of halogens is 1. The van der Waals surface area contributed by atoms with Gasteiger partial charge in [-0.15, -0.1) is 10.2 Å². The van der Waals surface area contributed by atoms with Crippen molar-refractivity contribution in [1.29, 1.82) is 0 Å². The van der Waals surface area contributed by atoms with Crippen LogP contribution >= 0.6 is 27.7 Å². The number of aryl methyl sites for hydroxylation is 2. The maximum Gasteiger partial charge on any atom is 0.234 e. The van der Waals surface area contributed by atoms with Crippen LogP contribution in [0.1, 0.15) is 22.5 Å². The number of thioether (sulfide) groups is 1. The number of carbonyl (C=O) groups is 1. The van der Waals surface area contributed by atoms with Crippen molar-refractivity contribution in [3.05, 3.63) is 99.8 Å². The molecule has 1 heterocycles. The molecule has 0 bridgehead atoms. The maximum absolute atomic E-state index is 12.6. The third kappa shape index (κ3) is 5.47. The van der Waals surface area contributed by atoms with Crippen LogP contribution in [0.2, 0.25) is 0 Å². The summed E-state index contributed by atoms with van der Waals surface area (Å²) >= 11 is 4.88. The van der Waals surface area contributed by atoms with Gasteiger partial charge in [-0.3, -0.25) is 9.36 Å². The molecule has 5 nitrogen and oxygen atoms in total. The van der Waals surface area contributed by atoms with Gasteiger partial charge < -0.3 is 5.32 Å². The first kappa shape index (κ1) is 22.3. The largest absolute Gasteiger partial charge is 0.324 e. The lowest BCUT2D eigenvalue weighted by molar-refractivity contribution is -0.113. The van der Waals surface area contributed by atoms with E-state index in [1.54, 1.807) is 0 Å². The highest BCUT2D eigenvalue weighted by atomic mass is 79.9. The predicted molar refractivity (Wildman–Crippen MR) is 134 cm³/mol. The summed E-state index contributed by atoms with van der Waals surface area (Å²) in [5, 5.41) is 12.5. The molecule has 3 aromatic carbocycles. The SMILES string of the molecule is Cc1ccc(-n2c(Cc3ccccc3)nnc2SCC(=O)Nc2ccc(C)cc2Br)cc1. The van der Waals surface area contributed by atoms with Gasteiger partial charge in [0.15, 0.2) is 5.16 Å². The van der Waals surface area contributed by atoms with Gasteiger partial charge in [-0.25, -0.2) is 0 Å². The normalized spacial score (nSPS) is 10.8. The molecule has 4 aromatic rings. The number of amides is 1. The third-order valence-electron chi connectivity index (χ3n) is 4.93. The first-order valence-electron chi connectivity index (χ1n) is 10.2. The smallest absolute Gasteiger partial charge is 0.234 e. The number of carbonyl (C=O) groups excluding carboxylic acids is 1. The van der Waals surface area contributed by atoms with Crippen LogP contribution in [0.25, 0.3) is 5.69 Å². The lowest BCUT2D eigenvalue weighted by Crippen LogP contribution is -2.15. The first-order valence-corrected chi connectivity index (χ1v) is 12.0. The Morgan fingerprint density at radius 3 is 2.41 bits per heavy atom. The molecule has 0 aliphatic heterocycles. The Morgan fingerprint density at radius 2 is 1.69 bits per heavy atom. The molecular formula is C25H23BrN4OS. The molecule has 0 unspecified atom stereocenters.